The Kier molecular flexibility index (Phi) is 5.81. The summed E-state index contributed by atoms with van der Waals surface area (Å²) in [6.45, 7) is 6.53. The van der Waals surface area contributed by atoms with Gasteiger partial charge in [-0.1, -0.05) is 105 Å². The van der Waals surface area contributed by atoms with Crippen LogP contribution in [0.2, 0.25) is 0 Å². The highest BCUT2D eigenvalue weighted by Gasteiger charge is 2.22. The van der Waals surface area contributed by atoms with Gasteiger partial charge in [0.1, 0.15) is 0 Å². The summed E-state index contributed by atoms with van der Waals surface area (Å²) >= 11 is 0. The summed E-state index contributed by atoms with van der Waals surface area (Å²) in [4.78, 5) is 0. The fraction of sp³-hybridized carbons (Fsp3) is 0.355. The van der Waals surface area contributed by atoms with Crippen molar-refractivity contribution in [2.45, 2.75) is 64.7 Å². The summed E-state index contributed by atoms with van der Waals surface area (Å²) in [5.74, 6) is 0.900. The van der Waals surface area contributed by atoms with Gasteiger partial charge in [0.25, 0.3) is 0 Å². The number of hydrogen-bond acceptors (Lipinski definition) is 0. The second-order valence-electron chi connectivity index (χ2n) is 9.82. The lowest BCUT2D eigenvalue weighted by atomic mass is 9.84. The van der Waals surface area contributed by atoms with Gasteiger partial charge in [0, 0.05) is 0 Å². The molecule has 1 fully saturated rings. The Morgan fingerprint density at radius 3 is 2.58 bits per heavy atom. The van der Waals surface area contributed by atoms with Gasteiger partial charge in [-0.2, -0.15) is 0 Å². The minimum absolute atomic E-state index is 0.900. The maximum atomic E-state index is 4.40. The summed E-state index contributed by atoms with van der Waals surface area (Å²) in [5, 5.41) is 0. The van der Waals surface area contributed by atoms with Crippen molar-refractivity contribution in [1.29, 1.82) is 0 Å². The summed E-state index contributed by atoms with van der Waals surface area (Å²) in [6, 6.07) is 16.0. The van der Waals surface area contributed by atoms with E-state index in [0.29, 0.717) is 0 Å². The summed E-state index contributed by atoms with van der Waals surface area (Å²) in [5.41, 5.74) is 12.6. The lowest BCUT2D eigenvalue weighted by Gasteiger charge is -2.21. The molecule has 0 amide bonds. The maximum absolute atomic E-state index is 4.40. The van der Waals surface area contributed by atoms with Crippen molar-refractivity contribution in [3.63, 3.8) is 0 Å². The van der Waals surface area contributed by atoms with Crippen LogP contribution >= 0.6 is 0 Å². The highest BCUT2D eigenvalue weighted by molar-refractivity contribution is 5.75. The molecule has 0 heteroatoms. The lowest BCUT2D eigenvalue weighted by Crippen LogP contribution is -2.09. The molecule has 0 spiro atoms. The molecule has 0 bridgehead atoms. The number of fused-ring (bicyclic) bond motifs is 1. The van der Waals surface area contributed by atoms with Crippen LogP contribution < -0.4 is 0 Å². The van der Waals surface area contributed by atoms with E-state index in [1.54, 1.807) is 0 Å². The molecule has 5 rings (SSSR count). The molecule has 2 aromatic rings. The van der Waals surface area contributed by atoms with Crippen LogP contribution in [0.3, 0.4) is 0 Å². The molecule has 0 radical (unpaired) electrons. The molecular formula is C31H34. The van der Waals surface area contributed by atoms with Gasteiger partial charge in [-0.3, -0.25) is 0 Å². The fourth-order valence-electron chi connectivity index (χ4n) is 5.59. The Morgan fingerprint density at radius 2 is 1.77 bits per heavy atom. The topological polar surface area (TPSA) is 0 Å². The van der Waals surface area contributed by atoms with Gasteiger partial charge in [0.15, 0.2) is 0 Å². The Balaban J connectivity index is 1.28. The molecule has 2 aromatic carbocycles. The SMILES string of the molecule is C=C(CC1=CCC=C1C1=Cc2cc(CC3CCCCC3)ccc2C1)c1ccc(C)cc1. The summed E-state index contributed by atoms with van der Waals surface area (Å²) in [7, 11) is 0. The predicted octanol–water partition coefficient (Wildman–Crippen LogP) is 8.42. The first-order valence-corrected chi connectivity index (χ1v) is 12.1. The monoisotopic (exact) mass is 406 g/mol. The van der Waals surface area contributed by atoms with E-state index in [1.165, 1.54) is 88.6 Å². The van der Waals surface area contributed by atoms with E-state index in [4.69, 9.17) is 0 Å². The van der Waals surface area contributed by atoms with Gasteiger partial charge in [-0.05, 0) is 83.1 Å². The second kappa shape index (κ2) is 8.87. The van der Waals surface area contributed by atoms with Gasteiger partial charge in [-0.25, -0.2) is 0 Å². The van der Waals surface area contributed by atoms with Gasteiger partial charge in [0.05, 0.1) is 0 Å². The average Bonchev–Trinajstić information content (AvgIpc) is 3.41. The zero-order valence-electron chi connectivity index (χ0n) is 18.9. The van der Waals surface area contributed by atoms with E-state index in [-0.39, 0.29) is 0 Å². The highest BCUT2D eigenvalue weighted by atomic mass is 14.3. The third-order valence-electron chi connectivity index (χ3n) is 7.41. The minimum atomic E-state index is 0.900. The van der Waals surface area contributed by atoms with Crippen molar-refractivity contribution in [3.05, 3.63) is 106 Å². The molecule has 158 valence electrons. The fourth-order valence-corrected chi connectivity index (χ4v) is 5.59. The lowest BCUT2D eigenvalue weighted by molar-refractivity contribution is 0.356. The Labute approximate surface area is 188 Å². The van der Waals surface area contributed by atoms with Crippen LogP contribution in [0.15, 0.2) is 77.9 Å². The quantitative estimate of drug-likeness (QED) is 0.451. The molecule has 0 aliphatic heterocycles. The zero-order valence-corrected chi connectivity index (χ0v) is 18.9. The number of hydrogen-bond donors (Lipinski definition) is 0. The zero-order chi connectivity index (χ0) is 21.2. The number of allylic oxidation sites excluding steroid dienone is 6. The molecule has 0 heterocycles. The molecule has 0 saturated heterocycles. The molecule has 1 saturated carbocycles. The standard InChI is InChI=1S/C31H34/c1-22-11-14-26(15-12-22)23(2)17-28-9-6-10-31(28)30-20-27-16-13-25(19-29(27)21-30)18-24-7-4-3-5-8-24/h9-16,19,21,24H,2-8,17-18,20H2,1H3. The van der Waals surface area contributed by atoms with E-state index in [0.717, 1.165) is 25.2 Å². The molecule has 0 atom stereocenters. The largest absolute Gasteiger partial charge is 0.0949 e. The van der Waals surface area contributed by atoms with Crippen LogP contribution in [-0.4, -0.2) is 0 Å². The van der Waals surface area contributed by atoms with E-state index in [1.807, 2.05) is 0 Å². The normalized spacial score (nSPS) is 18.4. The minimum Gasteiger partial charge on any atom is -0.0949 e. The van der Waals surface area contributed by atoms with Gasteiger partial charge >= 0.3 is 0 Å². The van der Waals surface area contributed by atoms with Crippen LogP contribution in [-0.2, 0) is 12.8 Å². The van der Waals surface area contributed by atoms with Crippen LogP contribution in [0.5, 0.6) is 0 Å². The molecule has 0 aromatic heterocycles. The van der Waals surface area contributed by atoms with Gasteiger partial charge < -0.3 is 0 Å². The highest BCUT2D eigenvalue weighted by Crippen LogP contribution is 2.39. The van der Waals surface area contributed by atoms with Gasteiger partial charge in [-0.15, -0.1) is 0 Å². The Morgan fingerprint density at radius 1 is 0.968 bits per heavy atom. The van der Waals surface area contributed by atoms with Crippen LogP contribution in [0.25, 0.3) is 11.6 Å². The van der Waals surface area contributed by atoms with Crippen LogP contribution in [0.1, 0.15) is 72.8 Å². The van der Waals surface area contributed by atoms with Gasteiger partial charge in [0.2, 0.25) is 0 Å². The number of aryl methyl sites for hydroxylation is 1. The molecule has 0 nitrogen and oxygen atoms in total. The summed E-state index contributed by atoms with van der Waals surface area (Å²) < 4.78 is 0. The van der Waals surface area contributed by atoms with Crippen molar-refractivity contribution in [2.75, 3.05) is 0 Å². The maximum Gasteiger partial charge on any atom is -0.00137 e. The number of benzene rings is 2. The third-order valence-corrected chi connectivity index (χ3v) is 7.41. The second-order valence-corrected chi connectivity index (χ2v) is 9.82. The average molecular weight is 407 g/mol. The Hall–Kier alpha value is -2.60. The van der Waals surface area contributed by atoms with E-state index in [2.05, 4.69) is 74.2 Å². The van der Waals surface area contributed by atoms with Crippen molar-refractivity contribution >= 4 is 11.6 Å². The van der Waals surface area contributed by atoms with Crippen molar-refractivity contribution < 1.29 is 0 Å². The molecule has 3 aliphatic carbocycles. The van der Waals surface area contributed by atoms with Crippen molar-refractivity contribution in [3.8, 4) is 0 Å². The summed E-state index contributed by atoms with van der Waals surface area (Å²) in [6.07, 6.45) is 18.7. The first-order valence-electron chi connectivity index (χ1n) is 12.1. The first kappa shape index (κ1) is 20.3. The van der Waals surface area contributed by atoms with E-state index in [9.17, 15) is 0 Å². The first-order chi connectivity index (χ1) is 15.2. The Bertz CT molecular complexity index is 1070. The van der Waals surface area contributed by atoms with Crippen molar-refractivity contribution in [1.82, 2.24) is 0 Å². The molecule has 3 aliphatic rings. The molecule has 0 unspecified atom stereocenters. The molecule has 0 N–H and O–H groups in total. The third kappa shape index (κ3) is 4.54. The molecule has 31 heavy (non-hydrogen) atoms. The molecular weight excluding hydrogens is 372 g/mol. The van der Waals surface area contributed by atoms with Crippen LogP contribution in [0.4, 0.5) is 0 Å². The smallest absolute Gasteiger partial charge is 0.00137 e. The predicted molar refractivity (Wildman–Crippen MR) is 134 cm³/mol. The van der Waals surface area contributed by atoms with E-state index >= 15 is 0 Å². The number of rotatable bonds is 6. The van der Waals surface area contributed by atoms with Crippen molar-refractivity contribution in [2.24, 2.45) is 5.92 Å². The van der Waals surface area contributed by atoms with Crippen LogP contribution in [0, 0.1) is 12.8 Å². The van der Waals surface area contributed by atoms with E-state index < -0.39 is 0 Å².